The number of ether oxygens (including phenoxy) is 3. The number of hydrazine groups is 1. The Balaban J connectivity index is 0.740. The topological polar surface area (TPSA) is 289 Å². The Morgan fingerprint density at radius 3 is 2.33 bits per heavy atom. The van der Waals surface area contributed by atoms with Crippen LogP contribution in [0.25, 0.3) is 0 Å². The lowest BCUT2D eigenvalue weighted by atomic mass is 9.81. The lowest BCUT2D eigenvalue weighted by Crippen LogP contribution is -2.54. The first kappa shape index (κ1) is 74.3. The zero-order valence-corrected chi connectivity index (χ0v) is 58.7. The zero-order valence-electron chi connectivity index (χ0n) is 52.8. The van der Waals surface area contributed by atoms with E-state index in [1.165, 1.54) is 50.7 Å². The maximum Gasteiger partial charge on any atom is 0.490 e. The van der Waals surface area contributed by atoms with Crippen molar-refractivity contribution in [2.45, 2.75) is 167 Å². The van der Waals surface area contributed by atoms with Gasteiger partial charge in [-0.2, -0.15) is 13.2 Å². The number of phosphoric acid groups is 3. The quantitative estimate of drug-likeness (QED) is 0.00697. The third-order valence-electron chi connectivity index (χ3n) is 16.0. The van der Waals surface area contributed by atoms with E-state index in [1.807, 2.05) is 0 Å². The molecular formula is C62H88N6O16P3S4+. The molecule has 500 valence electrons. The van der Waals surface area contributed by atoms with Gasteiger partial charge in [0.1, 0.15) is 36.0 Å². The van der Waals surface area contributed by atoms with Gasteiger partial charge in [-0.15, -0.1) is 0 Å². The smallest absolute Gasteiger partial charge is 0.384 e. The number of rotatable bonds is 37. The van der Waals surface area contributed by atoms with Crippen molar-refractivity contribution < 1.29 is 79.6 Å². The summed E-state index contributed by atoms with van der Waals surface area (Å²) in [5, 5.41) is 5.63. The average Bonchev–Trinajstić information content (AvgIpc) is 1.68. The van der Waals surface area contributed by atoms with Crippen LogP contribution in [0.2, 0.25) is 0 Å². The van der Waals surface area contributed by atoms with Crippen LogP contribution in [0.5, 0.6) is 0 Å². The Kier molecular flexibility index (Phi) is 27.8. The number of hydrogen-bond donors (Lipinski definition) is 6. The largest absolute Gasteiger partial charge is 0.490 e. The summed E-state index contributed by atoms with van der Waals surface area (Å²) in [5.74, 6) is 7.52. The van der Waals surface area contributed by atoms with Crippen LogP contribution in [0.4, 0.5) is 11.4 Å². The van der Waals surface area contributed by atoms with E-state index in [2.05, 4.69) is 150 Å². The van der Waals surface area contributed by atoms with Gasteiger partial charge in [-0.25, -0.2) is 13.7 Å². The van der Waals surface area contributed by atoms with Crippen LogP contribution in [0.3, 0.4) is 0 Å². The number of likely N-dealkylation sites (N-methyl/N-ethyl adjacent to an activating group) is 1. The molecule has 2 aromatic carbocycles. The monoisotopic (exact) mass is 1390 g/mol. The molecule has 7 atom stereocenters. The first-order valence-electron chi connectivity index (χ1n) is 30.6. The zero-order chi connectivity index (χ0) is 66.2. The highest BCUT2D eigenvalue weighted by molar-refractivity contribution is 8.76. The Bertz CT molecular complexity index is 3380. The fraction of sp³-hybridized carbons (Fsp3) is 0.548. The molecule has 0 spiro atoms. The van der Waals surface area contributed by atoms with Crippen LogP contribution in [0.15, 0.2) is 102 Å². The third-order valence-corrected chi connectivity index (χ3v) is 22.7. The van der Waals surface area contributed by atoms with Gasteiger partial charge < -0.3 is 49.7 Å². The molecule has 5 aliphatic rings. The molecule has 0 saturated carbocycles. The van der Waals surface area contributed by atoms with Crippen molar-refractivity contribution in [1.29, 1.82) is 0 Å². The summed E-state index contributed by atoms with van der Waals surface area (Å²) in [6.45, 7) is 15.3. The number of carbonyl (C=O) groups is 3. The van der Waals surface area contributed by atoms with Gasteiger partial charge in [-0.1, -0.05) is 118 Å². The number of aryl methyl sites for hydroxylation is 1. The minimum absolute atomic E-state index is 0.0294. The number of anilines is 1. The molecule has 0 aromatic heterocycles. The van der Waals surface area contributed by atoms with Crippen LogP contribution in [0.1, 0.15) is 141 Å². The average molecular weight is 1390 g/mol. The molecule has 1 saturated heterocycles. The van der Waals surface area contributed by atoms with Gasteiger partial charge in [0, 0.05) is 105 Å². The normalized spacial score (nSPS) is 22.2. The number of nitrogens with zero attached hydrogens (tertiary/aromatic N) is 4. The molecule has 5 heterocycles. The van der Waals surface area contributed by atoms with Crippen LogP contribution in [-0.4, -0.2) is 132 Å². The number of nitrogens with one attached hydrogen (secondary N) is 1. The van der Waals surface area contributed by atoms with Crippen molar-refractivity contribution in [2.24, 2.45) is 5.73 Å². The highest BCUT2D eigenvalue weighted by Gasteiger charge is 2.49. The van der Waals surface area contributed by atoms with Crippen LogP contribution >= 0.6 is 45.1 Å². The molecule has 0 bridgehead atoms. The highest BCUT2D eigenvalue weighted by Crippen LogP contribution is 2.66. The van der Waals surface area contributed by atoms with Crippen LogP contribution < -0.4 is 16.0 Å². The molecule has 7 rings (SSSR count). The van der Waals surface area contributed by atoms with Crippen molar-refractivity contribution in [3.8, 4) is 11.8 Å². The molecule has 1 fully saturated rings. The number of ketones is 2. The number of para-hydroxylation sites is 1. The molecule has 91 heavy (non-hydrogen) atoms. The van der Waals surface area contributed by atoms with E-state index in [4.69, 9.17) is 45.4 Å². The maximum atomic E-state index is 13.2. The molecular weight excluding hydrogens is 1310 g/mol. The Hall–Kier alpha value is -4.06. The fourth-order valence-corrected chi connectivity index (χ4v) is 17.0. The van der Waals surface area contributed by atoms with Crippen LogP contribution in [0, 0.1) is 18.8 Å². The Labute approximate surface area is 550 Å². The predicted octanol–water partition coefficient (Wildman–Crippen LogP) is 10.9. The fourth-order valence-electron chi connectivity index (χ4n) is 11.7. The molecule has 0 aliphatic carbocycles. The summed E-state index contributed by atoms with van der Waals surface area (Å²) < 4.78 is 68.3. The maximum absolute atomic E-state index is 13.2. The molecule has 0 radical (unpaired) electrons. The van der Waals surface area contributed by atoms with Gasteiger partial charge in [-0.3, -0.25) is 28.9 Å². The SMILES string of the molecule is CCN1\C(=C/C=C/C=C/C2=[N+](CCCCCC(=O)CCCSSCOCCCCCCC(=O)CCC#CC3=CN([C@H]4C[C@H](OCS(C)=S)[C@@H](COP(=O)(O)OP(=O)(O)OP(=O)(O)O)O4)N4C=C(N)NC(=O)C34)c3ccc(C)cc3C2(C)C)C(C)(C)c2ccccc21. The van der Waals surface area contributed by atoms with Gasteiger partial charge in [0.2, 0.25) is 5.69 Å². The second kappa shape index (κ2) is 34.1. The molecule has 7 N–H and O–H groups in total. The number of carbonyl (C=O) groups excluding carboxylic acids is 3. The van der Waals surface area contributed by atoms with Gasteiger partial charge >= 0.3 is 23.5 Å². The summed E-state index contributed by atoms with van der Waals surface area (Å²) in [7, 11) is -14.1. The number of unbranched alkanes of at least 4 members (excludes halogenated alkanes) is 5. The van der Waals surface area contributed by atoms with Gasteiger partial charge in [0.15, 0.2) is 18.0 Å². The molecule has 22 nitrogen and oxygen atoms in total. The summed E-state index contributed by atoms with van der Waals surface area (Å²) in [5.41, 5.74) is 15.3. The van der Waals surface area contributed by atoms with E-state index >= 15 is 0 Å². The second-order valence-electron chi connectivity index (χ2n) is 23.8. The van der Waals surface area contributed by atoms with Gasteiger partial charge in [0.25, 0.3) is 5.91 Å². The van der Waals surface area contributed by atoms with Crippen molar-refractivity contribution >= 4 is 100 Å². The number of allylic oxidation sites excluding steroid dienone is 6. The van der Waals surface area contributed by atoms with Crippen molar-refractivity contribution in [2.75, 3.05) is 55.1 Å². The van der Waals surface area contributed by atoms with E-state index in [-0.39, 0.29) is 47.6 Å². The number of amides is 1. The predicted molar refractivity (Wildman–Crippen MR) is 361 cm³/mol. The third kappa shape index (κ3) is 21.5. The molecule has 1 amide bonds. The summed E-state index contributed by atoms with van der Waals surface area (Å²) >= 11 is 5.25. The van der Waals surface area contributed by atoms with E-state index in [9.17, 15) is 37.9 Å². The number of nitrogens with two attached hydrogens (primary N) is 1. The Morgan fingerprint density at radius 2 is 1.59 bits per heavy atom. The number of fused-ring (bicyclic) bond motifs is 3. The van der Waals surface area contributed by atoms with E-state index in [1.54, 1.807) is 39.1 Å². The van der Waals surface area contributed by atoms with Crippen molar-refractivity contribution in [1.82, 2.24) is 15.3 Å². The first-order chi connectivity index (χ1) is 43.1. The second-order valence-corrected chi connectivity index (χ2v) is 33.8. The first-order valence-corrected chi connectivity index (χ1v) is 40.3. The molecule has 5 aliphatic heterocycles. The minimum Gasteiger partial charge on any atom is -0.384 e. The van der Waals surface area contributed by atoms with Gasteiger partial charge in [-0.05, 0) is 101 Å². The van der Waals surface area contributed by atoms with Crippen molar-refractivity contribution in [3.05, 3.63) is 119 Å². The summed E-state index contributed by atoms with van der Waals surface area (Å²) in [6.07, 6.45) is 22.3. The molecule has 29 heteroatoms. The van der Waals surface area contributed by atoms with Crippen LogP contribution in [-0.2, 0) is 86.9 Å². The van der Waals surface area contributed by atoms with E-state index in [0.717, 1.165) is 70.2 Å². The molecule has 4 unspecified atom stereocenters. The van der Waals surface area contributed by atoms with E-state index < -0.39 is 69.9 Å². The summed E-state index contributed by atoms with van der Waals surface area (Å²) in [4.78, 5) is 78.7. The van der Waals surface area contributed by atoms with Crippen molar-refractivity contribution in [3.63, 3.8) is 0 Å². The number of hydrogen-bond acceptors (Lipinski definition) is 19. The summed E-state index contributed by atoms with van der Waals surface area (Å²) in [6, 6.07) is 14.6. The lowest BCUT2D eigenvalue weighted by Gasteiger charge is -2.37. The number of phosphoric ester groups is 1. The van der Waals surface area contributed by atoms with Gasteiger partial charge in [0.05, 0.1) is 35.8 Å². The Morgan fingerprint density at radius 1 is 0.879 bits per heavy atom. The standard InChI is InChI=1S/C62H87N6O16P3S4/c1-8-65-51-30-20-19-29-49(51)61(3,4)55(65)31-15-11-16-32-56-62(5,6)50-38-45(2)33-34-52(50)66(56)35-21-12-14-26-48(70)28-23-37-89-90-43-79-36-22-10-9-13-25-47(69)27-18-17-24-46-40-67(68-41-57(63)64-60(71)59(46)68)58-39-53(80-44-91(7)88)54(82-58)42-81-86(75,76)84-87(77,78)83-85(72,73)74/h11,15-16,19-20,29-34,38,40-41,53-54,58-59H,8-10,12-14,18,21-23,25-28,35-37,39,42-44,63H2,1-7H3,(H4-,64,71,72,73,74,75,76,77,78)/p+1/t53-,54+,58+,59?,91?/m0/s1. The number of benzene rings is 2. The highest BCUT2D eigenvalue weighted by atomic mass is 33.1. The van der Waals surface area contributed by atoms with E-state index in [0.29, 0.717) is 43.2 Å². The molecule has 2 aromatic rings. The minimum atomic E-state index is -5.76. The lowest BCUT2D eigenvalue weighted by molar-refractivity contribution is -0.438. The number of Topliss-reactive ketones (excluding diaryl/α,β-unsaturated/α-hetero) is 2.